The molecule has 3 N–H and O–H groups in total. The zero-order valence-corrected chi connectivity index (χ0v) is 12.9. The van der Waals surface area contributed by atoms with Crippen LogP contribution in [0.15, 0.2) is 29.0 Å². The summed E-state index contributed by atoms with van der Waals surface area (Å²) in [5.74, 6) is 0. The molecule has 2 aromatic heterocycles. The number of nitrogens with zero attached hydrogens (tertiary/aromatic N) is 2. The summed E-state index contributed by atoms with van der Waals surface area (Å²) in [6.07, 6.45) is 5.52. The molecule has 0 fully saturated rings. The quantitative estimate of drug-likeness (QED) is 0.886. The number of nitrogens with two attached hydrogens (primary N) is 1. The molecule has 0 aromatic carbocycles. The number of aromatic nitrogens is 2. The largest absolute Gasteiger partial charge is 0.378 e. The number of hydrogen-bond acceptors (Lipinski definition) is 4. The van der Waals surface area contributed by atoms with Crippen molar-refractivity contribution in [1.29, 1.82) is 0 Å². The molecule has 19 heavy (non-hydrogen) atoms. The van der Waals surface area contributed by atoms with Crippen molar-refractivity contribution in [3.8, 4) is 0 Å². The van der Waals surface area contributed by atoms with Gasteiger partial charge >= 0.3 is 0 Å². The maximum absolute atomic E-state index is 5.70. The third-order valence-electron chi connectivity index (χ3n) is 3.46. The summed E-state index contributed by atoms with van der Waals surface area (Å²) in [6, 6.07) is 3.94. The highest BCUT2D eigenvalue weighted by molar-refractivity contribution is 9.10. The van der Waals surface area contributed by atoms with E-state index >= 15 is 0 Å². The molecule has 0 amide bonds. The lowest BCUT2D eigenvalue weighted by molar-refractivity contribution is 0.464. The first-order valence-corrected chi connectivity index (χ1v) is 7.26. The molecule has 0 saturated heterocycles. The third kappa shape index (κ3) is 3.22. The second kappa shape index (κ2) is 5.84. The van der Waals surface area contributed by atoms with Gasteiger partial charge in [0.2, 0.25) is 0 Å². The number of anilines is 1. The lowest BCUT2D eigenvalue weighted by atomic mass is 9.94. The van der Waals surface area contributed by atoms with Gasteiger partial charge in [-0.3, -0.25) is 9.97 Å². The second-order valence-electron chi connectivity index (χ2n) is 4.96. The van der Waals surface area contributed by atoms with Crippen LogP contribution in [0.25, 0.3) is 11.0 Å². The van der Waals surface area contributed by atoms with E-state index in [1.165, 1.54) is 0 Å². The van der Waals surface area contributed by atoms with E-state index in [1.807, 2.05) is 12.1 Å². The van der Waals surface area contributed by atoms with Crippen LogP contribution in [0.4, 0.5) is 5.69 Å². The minimum Gasteiger partial charge on any atom is -0.378 e. The highest BCUT2D eigenvalue weighted by Crippen LogP contribution is 2.27. The van der Waals surface area contributed by atoms with E-state index in [0.717, 1.165) is 34.0 Å². The summed E-state index contributed by atoms with van der Waals surface area (Å²) in [4.78, 5) is 8.80. The highest BCUT2D eigenvalue weighted by atomic mass is 79.9. The molecule has 0 saturated carbocycles. The zero-order chi connectivity index (χ0) is 13.9. The minimum absolute atomic E-state index is 0.0161. The number of halogens is 1. The smallest absolute Gasteiger partial charge is 0.112 e. The average molecular weight is 323 g/mol. The number of hydrogen-bond donors (Lipinski definition) is 2. The molecule has 0 radical (unpaired) electrons. The fourth-order valence-electron chi connectivity index (χ4n) is 2.08. The van der Waals surface area contributed by atoms with E-state index in [4.69, 9.17) is 5.73 Å². The van der Waals surface area contributed by atoms with Crippen molar-refractivity contribution in [2.24, 2.45) is 5.73 Å². The molecule has 1 unspecified atom stereocenters. The Bertz CT molecular complexity index is 572. The van der Waals surface area contributed by atoms with Crippen molar-refractivity contribution < 1.29 is 0 Å². The topological polar surface area (TPSA) is 63.8 Å². The van der Waals surface area contributed by atoms with Crippen molar-refractivity contribution in [3.05, 3.63) is 29.0 Å². The van der Waals surface area contributed by atoms with Gasteiger partial charge in [0.1, 0.15) is 5.52 Å². The molecule has 2 aromatic rings. The van der Waals surface area contributed by atoms with Gasteiger partial charge < -0.3 is 11.1 Å². The van der Waals surface area contributed by atoms with Gasteiger partial charge in [-0.25, -0.2) is 0 Å². The summed E-state index contributed by atoms with van der Waals surface area (Å²) in [6.45, 7) is 5.01. The number of nitrogens with one attached hydrogen (secondary N) is 1. The summed E-state index contributed by atoms with van der Waals surface area (Å²) < 4.78 is 0.935. The molecule has 4 nitrogen and oxygen atoms in total. The van der Waals surface area contributed by atoms with Crippen LogP contribution < -0.4 is 11.1 Å². The standard InChI is InChI=1S/C14H19BrN4/c1-3-14(2,5-6-16)19-11-4-7-17-12-8-10(15)9-18-13(11)12/h4,7-9H,3,5-6,16H2,1-2H3,(H,17,19). The average Bonchev–Trinajstić information content (AvgIpc) is 2.39. The van der Waals surface area contributed by atoms with E-state index in [0.29, 0.717) is 6.54 Å². The molecule has 102 valence electrons. The lowest BCUT2D eigenvalue weighted by Crippen LogP contribution is -2.36. The van der Waals surface area contributed by atoms with Crippen molar-refractivity contribution in [2.45, 2.75) is 32.2 Å². The highest BCUT2D eigenvalue weighted by Gasteiger charge is 2.21. The Balaban J connectivity index is 2.40. The molecule has 0 bridgehead atoms. The molecule has 0 spiro atoms. The maximum atomic E-state index is 5.70. The number of pyridine rings is 2. The van der Waals surface area contributed by atoms with Crippen molar-refractivity contribution in [1.82, 2.24) is 9.97 Å². The molecule has 5 heteroatoms. The van der Waals surface area contributed by atoms with E-state index in [1.54, 1.807) is 12.4 Å². The number of rotatable bonds is 5. The van der Waals surface area contributed by atoms with Gasteiger partial charge in [0, 0.05) is 22.4 Å². The van der Waals surface area contributed by atoms with E-state index in [2.05, 4.69) is 45.1 Å². The van der Waals surface area contributed by atoms with Crippen LogP contribution in [0, 0.1) is 0 Å². The van der Waals surface area contributed by atoms with Crippen LogP contribution in [-0.4, -0.2) is 22.1 Å². The van der Waals surface area contributed by atoms with Crippen molar-refractivity contribution >= 4 is 32.7 Å². The molecule has 0 aliphatic rings. The Labute approximate surface area is 121 Å². The van der Waals surface area contributed by atoms with Crippen molar-refractivity contribution in [2.75, 3.05) is 11.9 Å². The van der Waals surface area contributed by atoms with Gasteiger partial charge in [-0.15, -0.1) is 0 Å². The SMILES string of the molecule is CCC(C)(CCN)Nc1ccnc2cc(Br)cnc12. The number of fused-ring (bicyclic) bond motifs is 1. The Morgan fingerprint density at radius 1 is 1.42 bits per heavy atom. The van der Waals surface area contributed by atoms with Gasteiger partial charge in [0.25, 0.3) is 0 Å². The molecule has 0 aliphatic heterocycles. The molecule has 2 rings (SSSR count). The van der Waals surface area contributed by atoms with Gasteiger partial charge in [-0.1, -0.05) is 6.92 Å². The summed E-state index contributed by atoms with van der Waals surface area (Å²) in [5, 5.41) is 3.57. The van der Waals surface area contributed by atoms with E-state index < -0.39 is 0 Å². The van der Waals surface area contributed by atoms with E-state index in [9.17, 15) is 0 Å². The summed E-state index contributed by atoms with van der Waals surface area (Å²) in [7, 11) is 0. The summed E-state index contributed by atoms with van der Waals surface area (Å²) in [5.41, 5.74) is 8.47. The van der Waals surface area contributed by atoms with Crippen molar-refractivity contribution in [3.63, 3.8) is 0 Å². The Hall–Kier alpha value is -1.20. The third-order valence-corrected chi connectivity index (χ3v) is 3.89. The Morgan fingerprint density at radius 2 is 2.21 bits per heavy atom. The molecule has 2 heterocycles. The van der Waals surface area contributed by atoms with E-state index in [-0.39, 0.29) is 5.54 Å². The maximum Gasteiger partial charge on any atom is 0.112 e. The van der Waals surface area contributed by atoms with Crippen LogP contribution >= 0.6 is 15.9 Å². The molecular weight excluding hydrogens is 304 g/mol. The first-order valence-electron chi connectivity index (χ1n) is 6.46. The van der Waals surface area contributed by atoms with Crippen LogP contribution in [0.3, 0.4) is 0 Å². The molecular formula is C14H19BrN4. The second-order valence-corrected chi connectivity index (χ2v) is 5.87. The predicted octanol–water partition coefficient (Wildman–Crippen LogP) is 3.32. The minimum atomic E-state index is -0.0161. The van der Waals surface area contributed by atoms with Gasteiger partial charge in [0.05, 0.1) is 11.2 Å². The Morgan fingerprint density at radius 3 is 2.89 bits per heavy atom. The summed E-state index contributed by atoms with van der Waals surface area (Å²) >= 11 is 3.42. The van der Waals surface area contributed by atoms with Crippen LogP contribution in [0.5, 0.6) is 0 Å². The lowest BCUT2D eigenvalue weighted by Gasteiger charge is -2.30. The zero-order valence-electron chi connectivity index (χ0n) is 11.3. The predicted molar refractivity (Wildman–Crippen MR) is 83.2 cm³/mol. The van der Waals surface area contributed by atoms with Crippen LogP contribution in [0.1, 0.15) is 26.7 Å². The Kier molecular flexibility index (Phi) is 4.37. The van der Waals surface area contributed by atoms with Gasteiger partial charge in [0.15, 0.2) is 0 Å². The monoisotopic (exact) mass is 322 g/mol. The van der Waals surface area contributed by atoms with Crippen LogP contribution in [0.2, 0.25) is 0 Å². The van der Waals surface area contributed by atoms with Crippen LogP contribution in [-0.2, 0) is 0 Å². The molecule has 0 aliphatic carbocycles. The molecule has 1 atom stereocenters. The first kappa shape index (κ1) is 14.2. The fraction of sp³-hybridized carbons (Fsp3) is 0.429. The fourth-order valence-corrected chi connectivity index (χ4v) is 2.40. The normalized spacial score (nSPS) is 14.3. The first-order chi connectivity index (χ1) is 9.08. The van der Waals surface area contributed by atoms with Gasteiger partial charge in [-0.05, 0) is 54.4 Å². The van der Waals surface area contributed by atoms with Gasteiger partial charge in [-0.2, -0.15) is 0 Å².